The molecule has 0 fully saturated rings. The zero-order valence-electron chi connectivity index (χ0n) is 10.6. The van der Waals surface area contributed by atoms with Crippen LogP contribution in [-0.2, 0) is 4.74 Å². The average molecular weight is 235 g/mol. The monoisotopic (exact) mass is 235 g/mol. The second kappa shape index (κ2) is 6.03. The Kier molecular flexibility index (Phi) is 4.69. The maximum absolute atomic E-state index is 11.4. The van der Waals surface area contributed by atoms with Gasteiger partial charge in [0.15, 0.2) is 5.90 Å². The first-order chi connectivity index (χ1) is 7.97. The number of hydrogen-bond donors (Lipinski definition) is 0. The predicted octanol–water partition coefficient (Wildman–Crippen LogP) is 3.34. The molecule has 0 aliphatic rings. The molecule has 0 radical (unpaired) electrons. The number of benzene rings is 1. The van der Waals surface area contributed by atoms with Gasteiger partial charge in [0, 0.05) is 6.92 Å². The van der Waals surface area contributed by atoms with Crippen LogP contribution in [0.15, 0.2) is 29.3 Å². The van der Waals surface area contributed by atoms with Crippen molar-refractivity contribution in [2.24, 2.45) is 4.99 Å². The Hall–Kier alpha value is -1.84. The minimum absolute atomic E-state index is 0.00840. The van der Waals surface area contributed by atoms with E-state index in [1.54, 1.807) is 19.1 Å². The molecular formula is C13H17NO3. The number of carbonyl (C=O) groups excluding carboxylic acids is 1. The normalized spacial score (nSPS) is 11.5. The summed E-state index contributed by atoms with van der Waals surface area (Å²) in [4.78, 5) is 15.1. The molecule has 0 saturated heterocycles. The fraction of sp³-hybridized carbons (Fsp3) is 0.385. The lowest BCUT2D eigenvalue weighted by atomic mass is 10.2. The number of carbonyl (C=O) groups is 1. The van der Waals surface area contributed by atoms with Gasteiger partial charge >= 0.3 is 6.09 Å². The van der Waals surface area contributed by atoms with Crippen molar-refractivity contribution in [3.63, 3.8) is 0 Å². The smallest absolute Gasteiger partial charge is 0.442 e. The summed E-state index contributed by atoms with van der Waals surface area (Å²) in [6.07, 6.45) is -0.682. The molecule has 92 valence electrons. The van der Waals surface area contributed by atoms with Gasteiger partial charge in [-0.25, -0.2) is 4.79 Å². The zero-order valence-corrected chi connectivity index (χ0v) is 10.6. The number of aryl methyl sites for hydroxylation is 1. The van der Waals surface area contributed by atoms with Gasteiger partial charge in [-0.15, -0.1) is 4.99 Å². The Morgan fingerprint density at radius 2 is 1.82 bits per heavy atom. The quantitative estimate of drug-likeness (QED) is 0.583. The highest BCUT2D eigenvalue weighted by Gasteiger charge is 2.05. The van der Waals surface area contributed by atoms with E-state index in [9.17, 15) is 4.79 Å². The van der Waals surface area contributed by atoms with Crippen LogP contribution in [0.2, 0.25) is 0 Å². The number of ether oxygens (including phenoxy) is 2. The van der Waals surface area contributed by atoms with Crippen LogP contribution in [0.4, 0.5) is 4.79 Å². The number of aliphatic imine (C=N–C) groups is 1. The Morgan fingerprint density at radius 3 is 2.35 bits per heavy atom. The molecule has 4 nitrogen and oxygen atoms in total. The third-order valence-corrected chi connectivity index (χ3v) is 1.88. The summed E-state index contributed by atoms with van der Waals surface area (Å²) in [5, 5.41) is 0. The largest absolute Gasteiger partial charge is 0.478 e. The van der Waals surface area contributed by atoms with Gasteiger partial charge < -0.3 is 9.47 Å². The third-order valence-electron chi connectivity index (χ3n) is 1.88. The van der Waals surface area contributed by atoms with Crippen molar-refractivity contribution in [2.45, 2.75) is 33.8 Å². The van der Waals surface area contributed by atoms with Crippen LogP contribution in [0.25, 0.3) is 0 Å². The standard InChI is InChI=1S/C13H17NO3/c1-9(2)16-11(4)14-13(15)17-12-7-5-10(3)6-8-12/h5-9H,1-4H3/b14-11+. The number of hydrogen-bond acceptors (Lipinski definition) is 3. The molecule has 0 heterocycles. The second-order valence-electron chi connectivity index (χ2n) is 3.98. The number of rotatable bonds is 2. The highest BCUT2D eigenvalue weighted by Crippen LogP contribution is 2.12. The highest BCUT2D eigenvalue weighted by atomic mass is 16.6. The average Bonchev–Trinajstić information content (AvgIpc) is 2.19. The van der Waals surface area contributed by atoms with Crippen LogP contribution < -0.4 is 4.74 Å². The van der Waals surface area contributed by atoms with Crippen LogP contribution in [0.5, 0.6) is 5.75 Å². The van der Waals surface area contributed by atoms with Gasteiger partial charge in [0.2, 0.25) is 0 Å². The summed E-state index contributed by atoms with van der Waals surface area (Å²) >= 11 is 0. The van der Waals surface area contributed by atoms with Crippen molar-refractivity contribution in [1.82, 2.24) is 0 Å². The summed E-state index contributed by atoms with van der Waals surface area (Å²) in [5.41, 5.74) is 1.10. The van der Waals surface area contributed by atoms with Crippen LogP contribution in [0, 0.1) is 6.92 Å². The molecule has 1 aromatic rings. The van der Waals surface area contributed by atoms with E-state index in [1.807, 2.05) is 32.9 Å². The van der Waals surface area contributed by atoms with Gasteiger partial charge in [-0.3, -0.25) is 0 Å². The lowest BCUT2D eigenvalue weighted by Crippen LogP contribution is -2.12. The summed E-state index contributed by atoms with van der Waals surface area (Å²) < 4.78 is 10.2. The van der Waals surface area contributed by atoms with E-state index >= 15 is 0 Å². The van der Waals surface area contributed by atoms with E-state index in [4.69, 9.17) is 9.47 Å². The summed E-state index contributed by atoms with van der Waals surface area (Å²) in [7, 11) is 0. The molecule has 0 aliphatic carbocycles. The molecule has 0 unspecified atom stereocenters. The van der Waals surface area contributed by atoms with Crippen molar-refractivity contribution >= 4 is 12.0 Å². The van der Waals surface area contributed by atoms with Gasteiger partial charge in [-0.1, -0.05) is 17.7 Å². The Morgan fingerprint density at radius 1 is 1.24 bits per heavy atom. The fourth-order valence-corrected chi connectivity index (χ4v) is 1.23. The summed E-state index contributed by atoms with van der Waals surface area (Å²) in [5.74, 6) is 0.777. The minimum Gasteiger partial charge on any atom is -0.478 e. The van der Waals surface area contributed by atoms with Gasteiger partial charge in [0.25, 0.3) is 0 Å². The van der Waals surface area contributed by atoms with Crippen LogP contribution in [-0.4, -0.2) is 18.1 Å². The number of amides is 1. The molecular weight excluding hydrogens is 218 g/mol. The van der Waals surface area contributed by atoms with Crippen LogP contribution in [0.1, 0.15) is 26.3 Å². The van der Waals surface area contributed by atoms with Gasteiger partial charge in [0.05, 0.1) is 6.10 Å². The lowest BCUT2D eigenvalue weighted by Gasteiger charge is -2.07. The first-order valence-electron chi connectivity index (χ1n) is 5.48. The molecule has 0 saturated carbocycles. The molecule has 1 aromatic carbocycles. The molecule has 0 aliphatic heterocycles. The van der Waals surface area contributed by atoms with Crippen molar-refractivity contribution < 1.29 is 14.3 Å². The molecule has 1 rings (SSSR count). The van der Waals surface area contributed by atoms with E-state index in [2.05, 4.69) is 4.99 Å². The van der Waals surface area contributed by atoms with Gasteiger partial charge in [-0.05, 0) is 32.9 Å². The van der Waals surface area contributed by atoms with Gasteiger partial charge in [-0.2, -0.15) is 0 Å². The van der Waals surface area contributed by atoms with Crippen molar-refractivity contribution in [3.8, 4) is 5.75 Å². The Balaban J connectivity index is 2.57. The van der Waals surface area contributed by atoms with E-state index in [0.29, 0.717) is 11.6 Å². The van der Waals surface area contributed by atoms with Crippen molar-refractivity contribution in [3.05, 3.63) is 29.8 Å². The molecule has 17 heavy (non-hydrogen) atoms. The van der Waals surface area contributed by atoms with E-state index in [-0.39, 0.29) is 6.10 Å². The van der Waals surface area contributed by atoms with E-state index in [1.165, 1.54) is 0 Å². The van der Waals surface area contributed by atoms with Crippen molar-refractivity contribution in [2.75, 3.05) is 0 Å². The minimum atomic E-state index is -0.674. The molecule has 0 N–H and O–H groups in total. The summed E-state index contributed by atoms with van der Waals surface area (Å²) in [6.45, 7) is 7.31. The first kappa shape index (κ1) is 13.2. The fourth-order valence-electron chi connectivity index (χ4n) is 1.23. The molecule has 1 amide bonds. The molecule has 4 heteroatoms. The SMILES string of the molecule is C/C(=N\C(=O)Oc1ccc(C)cc1)OC(C)C. The Bertz CT molecular complexity index is 407. The topological polar surface area (TPSA) is 47.9 Å². The molecule has 0 spiro atoms. The molecule has 0 aromatic heterocycles. The maximum atomic E-state index is 11.4. The zero-order chi connectivity index (χ0) is 12.8. The predicted molar refractivity (Wildman–Crippen MR) is 66.5 cm³/mol. The number of nitrogens with zero attached hydrogens (tertiary/aromatic N) is 1. The van der Waals surface area contributed by atoms with Crippen LogP contribution in [0.3, 0.4) is 0 Å². The first-order valence-corrected chi connectivity index (χ1v) is 5.48. The summed E-state index contributed by atoms with van der Waals surface area (Å²) in [6, 6.07) is 7.18. The highest BCUT2D eigenvalue weighted by molar-refractivity contribution is 5.87. The van der Waals surface area contributed by atoms with Crippen LogP contribution >= 0.6 is 0 Å². The van der Waals surface area contributed by atoms with E-state index < -0.39 is 6.09 Å². The van der Waals surface area contributed by atoms with Crippen molar-refractivity contribution in [1.29, 1.82) is 0 Å². The third kappa shape index (κ3) is 5.15. The lowest BCUT2D eigenvalue weighted by molar-refractivity contribution is 0.204. The van der Waals surface area contributed by atoms with E-state index in [0.717, 1.165) is 5.56 Å². The second-order valence-corrected chi connectivity index (χ2v) is 3.98. The molecule has 0 atom stereocenters. The maximum Gasteiger partial charge on any atom is 0.442 e. The molecule has 0 bridgehead atoms. The Labute approximate surface area is 101 Å². The van der Waals surface area contributed by atoms with Gasteiger partial charge in [0.1, 0.15) is 5.75 Å².